The van der Waals surface area contributed by atoms with Gasteiger partial charge in [0, 0.05) is 37.1 Å². The maximum Gasteiger partial charge on any atom is 0.318 e. The number of carbonyl (C=O) groups is 3. The van der Waals surface area contributed by atoms with Crippen LogP contribution in [-0.2, 0) is 11.3 Å². The minimum atomic E-state index is -0.654. The third-order valence-electron chi connectivity index (χ3n) is 6.41. The van der Waals surface area contributed by atoms with Gasteiger partial charge in [0.05, 0.1) is 12.8 Å². The lowest BCUT2D eigenvalue weighted by Crippen LogP contribution is -2.57. The Morgan fingerprint density at radius 2 is 1.79 bits per heavy atom. The number of amides is 4. The Morgan fingerprint density at radius 1 is 1.06 bits per heavy atom. The van der Waals surface area contributed by atoms with Crippen LogP contribution >= 0.6 is 0 Å². The number of furan rings is 1. The summed E-state index contributed by atoms with van der Waals surface area (Å²) in [5.74, 6) is 0.293. The number of fused-ring (bicyclic) bond motifs is 1. The Balaban J connectivity index is 1.31. The van der Waals surface area contributed by atoms with Crippen LogP contribution in [0.5, 0.6) is 0 Å². The third kappa shape index (κ3) is 5.24. The highest BCUT2D eigenvalue weighted by molar-refractivity contribution is 5.98. The molecule has 1 aliphatic heterocycles. The summed E-state index contributed by atoms with van der Waals surface area (Å²) in [4.78, 5) is 45.2. The molecule has 2 aromatic heterocycles. The molecule has 1 aromatic carbocycles. The van der Waals surface area contributed by atoms with Crippen LogP contribution in [0.2, 0.25) is 0 Å². The second-order valence-corrected chi connectivity index (χ2v) is 8.66. The lowest BCUT2D eigenvalue weighted by atomic mass is 9.98. The monoisotopic (exact) mass is 465 g/mol. The molecule has 9 nitrogen and oxygen atoms in total. The van der Waals surface area contributed by atoms with Gasteiger partial charge in [-0.2, -0.15) is 0 Å². The molecular weight excluding hydrogens is 434 g/mol. The molecule has 0 radical (unpaired) electrons. The number of aromatic amines is 1. The number of piperazine rings is 1. The van der Waals surface area contributed by atoms with Crippen molar-refractivity contribution >= 4 is 28.7 Å². The fourth-order valence-corrected chi connectivity index (χ4v) is 4.10. The topological polar surface area (TPSA) is 111 Å². The van der Waals surface area contributed by atoms with E-state index in [2.05, 4.69) is 15.6 Å². The number of nitrogens with one attached hydrogen (secondary N) is 3. The fourth-order valence-electron chi connectivity index (χ4n) is 4.10. The zero-order chi connectivity index (χ0) is 24.1. The van der Waals surface area contributed by atoms with Crippen molar-refractivity contribution in [2.24, 2.45) is 5.92 Å². The molecule has 4 rings (SSSR count). The van der Waals surface area contributed by atoms with Gasteiger partial charge in [0.25, 0.3) is 5.91 Å². The van der Waals surface area contributed by atoms with Crippen molar-refractivity contribution in [1.29, 1.82) is 0 Å². The summed E-state index contributed by atoms with van der Waals surface area (Å²) in [7, 11) is 0. The molecule has 34 heavy (non-hydrogen) atoms. The van der Waals surface area contributed by atoms with Gasteiger partial charge in [0.15, 0.2) is 0 Å². The van der Waals surface area contributed by atoms with Crippen molar-refractivity contribution in [3.63, 3.8) is 0 Å². The minimum Gasteiger partial charge on any atom is -0.467 e. The summed E-state index contributed by atoms with van der Waals surface area (Å²) < 4.78 is 5.26. The van der Waals surface area contributed by atoms with Gasteiger partial charge in [-0.25, -0.2) is 4.79 Å². The van der Waals surface area contributed by atoms with Gasteiger partial charge in [0.1, 0.15) is 17.5 Å². The molecule has 1 aliphatic rings. The molecular formula is C25H31N5O4. The summed E-state index contributed by atoms with van der Waals surface area (Å²) in [5, 5.41) is 6.72. The van der Waals surface area contributed by atoms with Crippen LogP contribution in [-0.4, -0.2) is 64.9 Å². The molecule has 3 heterocycles. The van der Waals surface area contributed by atoms with Crippen LogP contribution in [0.1, 0.15) is 36.5 Å². The molecule has 2 atom stereocenters. The highest BCUT2D eigenvalue weighted by Gasteiger charge is 2.30. The Morgan fingerprint density at radius 3 is 2.47 bits per heavy atom. The van der Waals surface area contributed by atoms with Gasteiger partial charge in [-0.05, 0) is 30.2 Å². The lowest BCUT2D eigenvalue weighted by Gasteiger charge is -2.35. The summed E-state index contributed by atoms with van der Waals surface area (Å²) in [6.45, 7) is 5.86. The summed E-state index contributed by atoms with van der Waals surface area (Å²) in [6, 6.07) is 12.2. The van der Waals surface area contributed by atoms with E-state index in [-0.39, 0.29) is 30.3 Å². The predicted molar refractivity (Wildman–Crippen MR) is 128 cm³/mol. The van der Waals surface area contributed by atoms with Crippen LogP contribution in [0.3, 0.4) is 0 Å². The molecule has 9 heteroatoms. The second kappa shape index (κ2) is 10.5. The van der Waals surface area contributed by atoms with Crippen LogP contribution in [0.25, 0.3) is 10.9 Å². The summed E-state index contributed by atoms with van der Waals surface area (Å²) in [6.07, 6.45) is 2.30. The maximum atomic E-state index is 12.9. The summed E-state index contributed by atoms with van der Waals surface area (Å²) >= 11 is 0. The molecule has 0 aliphatic carbocycles. The maximum absolute atomic E-state index is 12.9. The van der Waals surface area contributed by atoms with E-state index < -0.39 is 6.04 Å². The van der Waals surface area contributed by atoms with Gasteiger partial charge >= 0.3 is 6.03 Å². The standard InChI is InChI=1S/C25H31N5O4/c1-3-17(2)22(23(31)26-16-19-8-6-14-34-19)28-25(33)30-12-10-29(11-13-30)24(32)21-15-18-7-4-5-9-20(18)27-21/h4-9,14-15,17,22,27H,3,10-13,16H2,1-2H3,(H,26,31)(H,28,33)/t17-,22+/m0/s1. The number of benzene rings is 1. The van der Waals surface area contributed by atoms with E-state index in [1.807, 2.05) is 44.2 Å². The van der Waals surface area contributed by atoms with E-state index >= 15 is 0 Å². The molecule has 0 spiro atoms. The number of para-hydroxylation sites is 1. The third-order valence-corrected chi connectivity index (χ3v) is 6.41. The smallest absolute Gasteiger partial charge is 0.318 e. The first-order chi connectivity index (χ1) is 16.5. The first kappa shape index (κ1) is 23.4. The van der Waals surface area contributed by atoms with E-state index in [0.717, 1.165) is 17.3 Å². The average molecular weight is 466 g/mol. The van der Waals surface area contributed by atoms with Crippen molar-refractivity contribution in [2.75, 3.05) is 26.2 Å². The van der Waals surface area contributed by atoms with Crippen LogP contribution in [0.4, 0.5) is 4.79 Å². The van der Waals surface area contributed by atoms with Gasteiger partial charge in [-0.15, -0.1) is 0 Å². The number of H-pyrrole nitrogens is 1. The molecule has 0 bridgehead atoms. The van der Waals surface area contributed by atoms with Gasteiger partial charge in [-0.1, -0.05) is 38.5 Å². The lowest BCUT2D eigenvalue weighted by molar-refractivity contribution is -0.124. The number of hydrogen-bond acceptors (Lipinski definition) is 4. The highest BCUT2D eigenvalue weighted by atomic mass is 16.3. The number of urea groups is 1. The Bertz CT molecular complexity index is 1100. The van der Waals surface area contributed by atoms with Crippen LogP contribution < -0.4 is 10.6 Å². The molecule has 4 amide bonds. The number of nitrogens with zero attached hydrogens (tertiary/aromatic N) is 2. The van der Waals surface area contributed by atoms with Gasteiger partial charge in [-0.3, -0.25) is 9.59 Å². The highest BCUT2D eigenvalue weighted by Crippen LogP contribution is 2.17. The number of rotatable bonds is 7. The molecule has 1 fully saturated rings. The first-order valence-corrected chi connectivity index (χ1v) is 11.7. The molecule has 3 aromatic rings. The first-order valence-electron chi connectivity index (χ1n) is 11.7. The largest absolute Gasteiger partial charge is 0.467 e. The van der Waals surface area contributed by atoms with E-state index in [4.69, 9.17) is 4.42 Å². The number of hydrogen-bond donors (Lipinski definition) is 3. The predicted octanol–water partition coefficient (Wildman–Crippen LogP) is 2.96. The molecule has 0 unspecified atom stereocenters. The molecule has 180 valence electrons. The number of aromatic nitrogens is 1. The number of carbonyl (C=O) groups excluding carboxylic acids is 3. The minimum absolute atomic E-state index is 0.0366. The van der Waals surface area contributed by atoms with E-state index in [1.165, 1.54) is 0 Å². The second-order valence-electron chi connectivity index (χ2n) is 8.66. The van der Waals surface area contributed by atoms with E-state index in [0.29, 0.717) is 37.6 Å². The van der Waals surface area contributed by atoms with Gasteiger partial charge < -0.3 is 29.8 Å². The molecule has 0 saturated carbocycles. The Hall–Kier alpha value is -3.75. The van der Waals surface area contributed by atoms with E-state index in [1.54, 1.807) is 28.2 Å². The van der Waals surface area contributed by atoms with Crippen molar-refractivity contribution in [3.05, 3.63) is 60.2 Å². The average Bonchev–Trinajstić information content (AvgIpc) is 3.54. The zero-order valence-corrected chi connectivity index (χ0v) is 19.5. The molecule has 3 N–H and O–H groups in total. The zero-order valence-electron chi connectivity index (χ0n) is 19.5. The Labute approximate surface area is 198 Å². The SMILES string of the molecule is CC[C@H](C)[C@@H](NC(=O)N1CCN(C(=O)c2cc3ccccc3[nH]2)CC1)C(=O)NCc1ccco1. The van der Waals surface area contributed by atoms with Crippen LogP contribution in [0.15, 0.2) is 53.1 Å². The normalized spacial score (nSPS) is 15.7. The quantitative estimate of drug-likeness (QED) is 0.498. The van der Waals surface area contributed by atoms with Crippen LogP contribution in [0, 0.1) is 5.92 Å². The fraction of sp³-hybridized carbons (Fsp3) is 0.400. The Kier molecular flexibility index (Phi) is 7.20. The van der Waals surface area contributed by atoms with Crippen molar-refractivity contribution in [3.8, 4) is 0 Å². The summed E-state index contributed by atoms with van der Waals surface area (Å²) in [5.41, 5.74) is 1.47. The van der Waals surface area contributed by atoms with E-state index in [9.17, 15) is 14.4 Å². The van der Waals surface area contributed by atoms with Crippen molar-refractivity contribution in [1.82, 2.24) is 25.4 Å². The van der Waals surface area contributed by atoms with Crippen molar-refractivity contribution < 1.29 is 18.8 Å². The van der Waals surface area contributed by atoms with Gasteiger partial charge in [0.2, 0.25) is 5.91 Å². The van der Waals surface area contributed by atoms with Crippen molar-refractivity contribution in [2.45, 2.75) is 32.9 Å². The molecule has 1 saturated heterocycles.